The van der Waals surface area contributed by atoms with Crippen molar-refractivity contribution in [1.82, 2.24) is 25.1 Å². The lowest BCUT2D eigenvalue weighted by molar-refractivity contribution is -0.118. The van der Waals surface area contributed by atoms with Crippen LogP contribution in [-0.4, -0.2) is 38.5 Å². The normalized spacial score (nSPS) is 10.5. The van der Waals surface area contributed by atoms with Gasteiger partial charge in [-0.05, 0) is 48.9 Å². The Morgan fingerprint density at radius 2 is 1.88 bits per heavy atom. The molecule has 0 aliphatic heterocycles. The Labute approximate surface area is 155 Å². The van der Waals surface area contributed by atoms with Crippen molar-refractivity contribution in [2.24, 2.45) is 0 Å². The minimum atomic E-state index is -0.0613. The molecule has 8 heteroatoms. The number of carbonyl (C=O) groups is 1. The lowest BCUT2D eigenvalue weighted by Crippen LogP contribution is -2.24. The number of rotatable bonds is 7. The summed E-state index contributed by atoms with van der Waals surface area (Å²) in [6.07, 6.45) is 3.41. The molecule has 7 nitrogen and oxygen atoms in total. The molecule has 3 rings (SSSR count). The number of methoxy groups -OCH3 is 1. The van der Waals surface area contributed by atoms with Gasteiger partial charge in [0.05, 0.1) is 12.9 Å². The molecule has 1 aromatic carbocycles. The highest BCUT2D eigenvalue weighted by molar-refractivity contribution is 7.99. The molecule has 0 unspecified atom stereocenters. The van der Waals surface area contributed by atoms with Crippen molar-refractivity contribution < 1.29 is 9.53 Å². The number of carbonyl (C=O) groups excluding carboxylic acids is 1. The number of pyridine rings is 1. The Morgan fingerprint density at radius 3 is 2.58 bits per heavy atom. The largest absolute Gasteiger partial charge is 0.497 e. The van der Waals surface area contributed by atoms with E-state index in [1.54, 1.807) is 19.5 Å². The highest BCUT2D eigenvalue weighted by Gasteiger charge is 2.13. The molecule has 0 bridgehead atoms. The summed E-state index contributed by atoms with van der Waals surface area (Å²) in [5, 5.41) is 11.9. The van der Waals surface area contributed by atoms with Crippen LogP contribution in [0.2, 0.25) is 0 Å². The molecule has 0 saturated carbocycles. The molecule has 134 valence electrons. The molecule has 26 heavy (non-hydrogen) atoms. The van der Waals surface area contributed by atoms with Crippen LogP contribution in [0.4, 0.5) is 0 Å². The smallest absolute Gasteiger partial charge is 0.230 e. The highest BCUT2D eigenvalue weighted by atomic mass is 32.2. The van der Waals surface area contributed by atoms with Crippen molar-refractivity contribution in [3.05, 3.63) is 60.2 Å². The van der Waals surface area contributed by atoms with Crippen LogP contribution in [0.25, 0.3) is 5.69 Å². The summed E-state index contributed by atoms with van der Waals surface area (Å²) >= 11 is 1.35. The number of nitrogens with one attached hydrogen (secondary N) is 1. The molecule has 2 heterocycles. The zero-order valence-corrected chi connectivity index (χ0v) is 15.4. The van der Waals surface area contributed by atoms with Crippen molar-refractivity contribution in [2.45, 2.75) is 18.6 Å². The van der Waals surface area contributed by atoms with Crippen LogP contribution in [0.15, 0.2) is 53.9 Å². The van der Waals surface area contributed by atoms with Crippen molar-refractivity contribution in [3.63, 3.8) is 0 Å². The summed E-state index contributed by atoms with van der Waals surface area (Å²) in [5.74, 6) is 1.74. The molecule has 0 saturated heterocycles. The third kappa shape index (κ3) is 4.40. The Kier molecular flexibility index (Phi) is 5.85. The summed E-state index contributed by atoms with van der Waals surface area (Å²) in [5.41, 5.74) is 1.93. The minimum absolute atomic E-state index is 0.0613. The molecule has 0 fully saturated rings. The van der Waals surface area contributed by atoms with E-state index in [0.717, 1.165) is 22.8 Å². The van der Waals surface area contributed by atoms with E-state index in [4.69, 9.17) is 4.74 Å². The van der Waals surface area contributed by atoms with Gasteiger partial charge in [-0.3, -0.25) is 14.3 Å². The second-order valence-electron chi connectivity index (χ2n) is 5.48. The molecule has 0 atom stereocenters. The lowest BCUT2D eigenvalue weighted by Gasteiger charge is -2.09. The fourth-order valence-electron chi connectivity index (χ4n) is 2.35. The number of thioether (sulfide) groups is 1. The van der Waals surface area contributed by atoms with Gasteiger partial charge >= 0.3 is 0 Å². The Morgan fingerprint density at radius 1 is 1.15 bits per heavy atom. The van der Waals surface area contributed by atoms with Gasteiger partial charge in [0, 0.05) is 24.6 Å². The topological polar surface area (TPSA) is 81.9 Å². The van der Waals surface area contributed by atoms with Gasteiger partial charge in [-0.25, -0.2) is 0 Å². The number of aromatic nitrogens is 4. The second-order valence-corrected chi connectivity index (χ2v) is 6.43. The number of benzene rings is 1. The van der Waals surface area contributed by atoms with E-state index in [1.807, 2.05) is 47.9 Å². The van der Waals surface area contributed by atoms with Gasteiger partial charge in [-0.15, -0.1) is 10.2 Å². The fraction of sp³-hybridized carbons (Fsp3) is 0.222. The molecule has 3 aromatic rings. The molecule has 1 N–H and O–H groups in total. The number of ether oxygens (including phenoxy) is 1. The van der Waals surface area contributed by atoms with E-state index in [2.05, 4.69) is 20.5 Å². The van der Waals surface area contributed by atoms with Crippen LogP contribution >= 0.6 is 11.8 Å². The van der Waals surface area contributed by atoms with Crippen LogP contribution in [0.5, 0.6) is 5.75 Å². The van der Waals surface area contributed by atoms with Crippen LogP contribution in [-0.2, 0) is 11.3 Å². The van der Waals surface area contributed by atoms with Crippen molar-refractivity contribution in [2.75, 3.05) is 12.9 Å². The fourth-order valence-corrected chi connectivity index (χ4v) is 3.17. The third-order valence-electron chi connectivity index (χ3n) is 3.70. The summed E-state index contributed by atoms with van der Waals surface area (Å²) in [7, 11) is 1.63. The summed E-state index contributed by atoms with van der Waals surface area (Å²) in [6, 6.07) is 11.4. The van der Waals surface area contributed by atoms with Gasteiger partial charge in [0.25, 0.3) is 0 Å². The first-order chi connectivity index (χ1) is 12.7. The van der Waals surface area contributed by atoms with Gasteiger partial charge < -0.3 is 10.1 Å². The standard InChI is InChI=1S/C18H19N5O2S/c1-13-21-22-18(23(13)15-3-5-16(25-2)6-4-15)26-12-17(24)20-11-14-7-9-19-10-8-14/h3-10H,11-12H2,1-2H3,(H,20,24). The van der Waals surface area contributed by atoms with Crippen LogP contribution in [0.1, 0.15) is 11.4 Å². The maximum absolute atomic E-state index is 12.1. The average molecular weight is 369 g/mol. The van der Waals surface area contributed by atoms with Crippen molar-refractivity contribution in [3.8, 4) is 11.4 Å². The zero-order valence-electron chi connectivity index (χ0n) is 14.5. The van der Waals surface area contributed by atoms with Crippen LogP contribution in [0, 0.1) is 6.92 Å². The zero-order chi connectivity index (χ0) is 18.4. The molecule has 1 amide bonds. The molecule has 0 aliphatic carbocycles. The van der Waals surface area contributed by atoms with E-state index in [0.29, 0.717) is 11.7 Å². The summed E-state index contributed by atoms with van der Waals surface area (Å²) in [4.78, 5) is 16.1. The van der Waals surface area contributed by atoms with Gasteiger partial charge in [-0.1, -0.05) is 11.8 Å². The van der Waals surface area contributed by atoms with Crippen molar-refractivity contribution >= 4 is 17.7 Å². The molecule has 0 radical (unpaired) electrons. The molecule has 0 aliphatic rings. The maximum Gasteiger partial charge on any atom is 0.230 e. The van der Waals surface area contributed by atoms with E-state index in [-0.39, 0.29) is 11.7 Å². The predicted molar refractivity (Wildman–Crippen MR) is 99.5 cm³/mol. The van der Waals surface area contributed by atoms with E-state index < -0.39 is 0 Å². The Bertz CT molecular complexity index is 865. The number of amides is 1. The number of nitrogens with zero attached hydrogens (tertiary/aromatic N) is 4. The van der Waals surface area contributed by atoms with Gasteiger partial charge in [0.2, 0.25) is 5.91 Å². The number of aryl methyl sites for hydroxylation is 1. The lowest BCUT2D eigenvalue weighted by atomic mass is 10.3. The molecular formula is C18H19N5O2S. The maximum atomic E-state index is 12.1. The van der Waals surface area contributed by atoms with Gasteiger partial charge in [-0.2, -0.15) is 0 Å². The number of hydrogen-bond acceptors (Lipinski definition) is 6. The SMILES string of the molecule is COc1ccc(-n2c(C)nnc2SCC(=O)NCc2ccncc2)cc1. The predicted octanol–water partition coefficient (Wildman–Crippen LogP) is 2.39. The number of hydrogen-bond donors (Lipinski definition) is 1. The van der Waals surface area contributed by atoms with E-state index in [1.165, 1.54) is 11.8 Å². The van der Waals surface area contributed by atoms with Crippen LogP contribution < -0.4 is 10.1 Å². The summed E-state index contributed by atoms with van der Waals surface area (Å²) < 4.78 is 7.10. The molecule has 2 aromatic heterocycles. The van der Waals surface area contributed by atoms with Crippen molar-refractivity contribution in [1.29, 1.82) is 0 Å². The Hall–Kier alpha value is -2.87. The third-order valence-corrected chi connectivity index (χ3v) is 4.63. The molecular weight excluding hydrogens is 350 g/mol. The first-order valence-electron chi connectivity index (χ1n) is 8.02. The quantitative estimate of drug-likeness (QED) is 0.644. The van der Waals surface area contributed by atoms with E-state index in [9.17, 15) is 4.79 Å². The van der Waals surface area contributed by atoms with Gasteiger partial charge in [0.1, 0.15) is 11.6 Å². The monoisotopic (exact) mass is 369 g/mol. The van der Waals surface area contributed by atoms with Gasteiger partial charge in [0.15, 0.2) is 5.16 Å². The minimum Gasteiger partial charge on any atom is -0.497 e. The average Bonchev–Trinajstić information content (AvgIpc) is 3.06. The molecule has 0 spiro atoms. The van der Waals surface area contributed by atoms with E-state index >= 15 is 0 Å². The highest BCUT2D eigenvalue weighted by Crippen LogP contribution is 2.23. The Balaban J connectivity index is 1.62. The van der Waals surface area contributed by atoms with Crippen LogP contribution in [0.3, 0.4) is 0 Å². The second kappa shape index (κ2) is 8.48. The first kappa shape index (κ1) is 17.9. The summed E-state index contributed by atoms with van der Waals surface area (Å²) in [6.45, 7) is 2.36. The first-order valence-corrected chi connectivity index (χ1v) is 9.01.